The molecule has 1 aliphatic heterocycles. The minimum absolute atomic E-state index is 0.0348. The van der Waals surface area contributed by atoms with Gasteiger partial charge >= 0.3 is 6.09 Å². The molecule has 1 heterocycles. The average Bonchev–Trinajstić information content (AvgIpc) is 3.15. The zero-order chi connectivity index (χ0) is 27.1. The van der Waals surface area contributed by atoms with Crippen molar-refractivity contribution in [3.8, 4) is 0 Å². The van der Waals surface area contributed by atoms with Crippen LogP contribution in [0.3, 0.4) is 0 Å². The van der Waals surface area contributed by atoms with Gasteiger partial charge in [0, 0.05) is 29.6 Å². The van der Waals surface area contributed by atoms with Crippen LogP contribution in [0.25, 0.3) is 0 Å². The van der Waals surface area contributed by atoms with E-state index in [1.807, 2.05) is 30.3 Å². The molecule has 0 radical (unpaired) electrons. The molecule has 10 heteroatoms. The van der Waals surface area contributed by atoms with Gasteiger partial charge in [-0.3, -0.25) is 4.79 Å². The zero-order valence-corrected chi connectivity index (χ0v) is 22.5. The second-order valence-electron chi connectivity index (χ2n) is 9.13. The molecule has 0 bridgehead atoms. The molecule has 2 amide bonds. The van der Waals surface area contributed by atoms with E-state index >= 15 is 0 Å². The predicted molar refractivity (Wildman–Crippen MR) is 143 cm³/mol. The van der Waals surface area contributed by atoms with Crippen LogP contribution in [-0.2, 0) is 32.5 Å². The number of carbonyl (C=O) groups excluding carboxylic acids is 2. The van der Waals surface area contributed by atoms with Crippen LogP contribution in [0.2, 0.25) is 5.02 Å². The van der Waals surface area contributed by atoms with E-state index in [0.717, 1.165) is 11.1 Å². The Balaban J connectivity index is 1.34. The molecule has 1 N–H and O–H groups in total. The summed E-state index contributed by atoms with van der Waals surface area (Å²) in [5, 5.41) is 0.301. The van der Waals surface area contributed by atoms with Gasteiger partial charge in [0.15, 0.2) is 0 Å². The van der Waals surface area contributed by atoms with Crippen molar-refractivity contribution < 1.29 is 27.5 Å². The number of nitrogens with zero attached hydrogens (tertiary/aromatic N) is 1. The number of amides is 2. The standard InChI is InChI=1S/C28H29ClN2O6S/c1-20-25(29)8-5-9-26(20)38(34,35)30-27(32)24-12-10-21(11-13-24)16-23-17-31(14-15-36-18-23)28(33)37-19-22-6-3-2-4-7-22/h2-13,23H,14-19H2,1H3,(H,30,32)/t23-/m1/s1. The Morgan fingerprint density at radius 2 is 1.76 bits per heavy atom. The number of carbonyl (C=O) groups is 2. The molecule has 3 aromatic rings. The molecule has 1 fully saturated rings. The molecule has 0 unspecified atom stereocenters. The van der Waals surface area contributed by atoms with Gasteiger partial charge in [0.25, 0.3) is 15.9 Å². The Kier molecular flexibility index (Phi) is 9.04. The van der Waals surface area contributed by atoms with Crippen molar-refractivity contribution in [1.29, 1.82) is 0 Å². The largest absolute Gasteiger partial charge is 0.445 e. The summed E-state index contributed by atoms with van der Waals surface area (Å²) in [6.07, 6.45) is 0.234. The Morgan fingerprint density at radius 3 is 2.50 bits per heavy atom. The number of nitrogens with one attached hydrogen (secondary N) is 1. The van der Waals surface area contributed by atoms with E-state index in [1.54, 1.807) is 42.2 Å². The molecular weight excluding hydrogens is 528 g/mol. The van der Waals surface area contributed by atoms with Gasteiger partial charge in [0.1, 0.15) is 6.61 Å². The molecule has 4 rings (SSSR count). The first-order valence-electron chi connectivity index (χ1n) is 12.2. The monoisotopic (exact) mass is 556 g/mol. The summed E-state index contributed by atoms with van der Waals surface area (Å²) in [5.41, 5.74) is 2.43. The SMILES string of the molecule is Cc1c(Cl)cccc1S(=O)(=O)NC(=O)c1ccc(C[C@H]2COCCN(C(=O)OCc3ccccc3)C2)cc1. The van der Waals surface area contributed by atoms with E-state index in [0.29, 0.717) is 43.3 Å². The van der Waals surface area contributed by atoms with Crippen molar-refractivity contribution in [2.75, 3.05) is 26.3 Å². The Morgan fingerprint density at radius 1 is 1.03 bits per heavy atom. The lowest BCUT2D eigenvalue weighted by Gasteiger charge is -2.23. The van der Waals surface area contributed by atoms with Gasteiger partial charge in [-0.2, -0.15) is 0 Å². The van der Waals surface area contributed by atoms with Crippen molar-refractivity contribution in [2.45, 2.75) is 24.8 Å². The number of rotatable bonds is 7. The second kappa shape index (κ2) is 12.4. The van der Waals surface area contributed by atoms with E-state index < -0.39 is 15.9 Å². The number of ether oxygens (including phenoxy) is 2. The Bertz CT molecular complexity index is 1380. The van der Waals surface area contributed by atoms with Crippen molar-refractivity contribution in [3.05, 3.63) is 100 Å². The van der Waals surface area contributed by atoms with Crippen molar-refractivity contribution in [3.63, 3.8) is 0 Å². The molecule has 1 atom stereocenters. The third kappa shape index (κ3) is 7.12. The molecule has 38 heavy (non-hydrogen) atoms. The number of hydrogen-bond donors (Lipinski definition) is 1. The highest BCUT2D eigenvalue weighted by molar-refractivity contribution is 7.90. The van der Waals surface area contributed by atoms with Crippen LogP contribution in [0, 0.1) is 12.8 Å². The van der Waals surface area contributed by atoms with Crippen LogP contribution in [0.4, 0.5) is 4.79 Å². The van der Waals surface area contributed by atoms with Gasteiger partial charge in [-0.1, -0.05) is 60.1 Å². The second-order valence-corrected chi connectivity index (χ2v) is 11.2. The third-order valence-corrected chi connectivity index (χ3v) is 8.16. The molecule has 0 aliphatic carbocycles. The molecule has 0 spiro atoms. The maximum atomic E-state index is 12.7. The van der Waals surface area contributed by atoms with Crippen molar-refractivity contribution in [2.24, 2.45) is 5.92 Å². The maximum Gasteiger partial charge on any atom is 0.410 e. The lowest BCUT2D eigenvalue weighted by molar-refractivity contribution is 0.0914. The summed E-state index contributed by atoms with van der Waals surface area (Å²) >= 11 is 6.03. The molecule has 0 saturated carbocycles. The number of hydrogen-bond acceptors (Lipinski definition) is 6. The van der Waals surface area contributed by atoms with Gasteiger partial charge in [-0.15, -0.1) is 0 Å². The fourth-order valence-electron chi connectivity index (χ4n) is 4.22. The van der Waals surface area contributed by atoms with Crippen LogP contribution < -0.4 is 4.72 Å². The lowest BCUT2D eigenvalue weighted by atomic mass is 9.98. The summed E-state index contributed by atoms with van der Waals surface area (Å²) < 4.78 is 38.7. The summed E-state index contributed by atoms with van der Waals surface area (Å²) in [5.74, 6) is -0.700. The van der Waals surface area contributed by atoms with Crippen LogP contribution in [0.1, 0.15) is 27.0 Å². The predicted octanol–water partition coefficient (Wildman–Crippen LogP) is 4.59. The Labute approximate surface area is 227 Å². The van der Waals surface area contributed by atoms with Crippen LogP contribution >= 0.6 is 11.6 Å². The number of halogens is 1. The highest BCUT2D eigenvalue weighted by Crippen LogP contribution is 2.23. The first-order chi connectivity index (χ1) is 18.2. The third-order valence-electron chi connectivity index (χ3n) is 6.28. The summed E-state index contributed by atoms with van der Waals surface area (Å²) in [6, 6.07) is 20.7. The summed E-state index contributed by atoms with van der Waals surface area (Å²) in [7, 11) is -4.08. The topological polar surface area (TPSA) is 102 Å². The van der Waals surface area contributed by atoms with Crippen molar-refractivity contribution in [1.82, 2.24) is 9.62 Å². The maximum absolute atomic E-state index is 12.7. The lowest BCUT2D eigenvalue weighted by Crippen LogP contribution is -2.36. The van der Waals surface area contributed by atoms with Gasteiger partial charge in [0.2, 0.25) is 0 Å². The quantitative estimate of drug-likeness (QED) is 0.456. The summed E-state index contributed by atoms with van der Waals surface area (Å²) in [6.45, 7) is 3.63. The normalized spacial score (nSPS) is 15.9. The van der Waals surface area contributed by atoms with Gasteiger partial charge in [-0.25, -0.2) is 17.9 Å². The van der Waals surface area contributed by atoms with E-state index in [-0.39, 0.29) is 29.1 Å². The first kappa shape index (κ1) is 27.6. The van der Waals surface area contributed by atoms with Crippen LogP contribution in [0.15, 0.2) is 77.7 Å². The molecule has 3 aromatic carbocycles. The van der Waals surface area contributed by atoms with E-state index in [1.165, 1.54) is 12.1 Å². The highest BCUT2D eigenvalue weighted by Gasteiger charge is 2.25. The summed E-state index contributed by atoms with van der Waals surface area (Å²) in [4.78, 5) is 26.9. The first-order valence-corrected chi connectivity index (χ1v) is 14.0. The molecule has 1 aliphatic rings. The fourth-order valence-corrected chi connectivity index (χ4v) is 5.69. The molecule has 1 saturated heterocycles. The number of benzene rings is 3. The molecule has 8 nitrogen and oxygen atoms in total. The van der Waals surface area contributed by atoms with Gasteiger partial charge < -0.3 is 14.4 Å². The smallest absolute Gasteiger partial charge is 0.410 e. The van der Waals surface area contributed by atoms with Crippen LogP contribution in [-0.4, -0.2) is 51.6 Å². The van der Waals surface area contributed by atoms with E-state index in [9.17, 15) is 18.0 Å². The van der Waals surface area contributed by atoms with E-state index in [2.05, 4.69) is 4.72 Å². The number of sulfonamides is 1. The zero-order valence-electron chi connectivity index (χ0n) is 20.9. The van der Waals surface area contributed by atoms with Crippen molar-refractivity contribution >= 4 is 33.6 Å². The molecule has 0 aromatic heterocycles. The highest BCUT2D eigenvalue weighted by atomic mass is 35.5. The Hall–Kier alpha value is -3.40. The molecular formula is C28H29ClN2O6S. The fraction of sp³-hybridized carbons (Fsp3) is 0.286. The van der Waals surface area contributed by atoms with Gasteiger partial charge in [-0.05, 0) is 54.3 Å². The minimum atomic E-state index is -4.08. The van der Waals surface area contributed by atoms with E-state index in [4.69, 9.17) is 21.1 Å². The average molecular weight is 557 g/mol. The molecule has 200 valence electrons. The minimum Gasteiger partial charge on any atom is -0.445 e. The van der Waals surface area contributed by atoms with Crippen LogP contribution in [0.5, 0.6) is 0 Å². The van der Waals surface area contributed by atoms with Gasteiger partial charge in [0.05, 0.1) is 18.1 Å².